The molecule has 0 aliphatic carbocycles. The molecule has 0 fully saturated rings. The van der Waals surface area contributed by atoms with E-state index in [2.05, 4.69) is 5.32 Å². The Labute approximate surface area is 241 Å². The summed E-state index contributed by atoms with van der Waals surface area (Å²) >= 11 is 18.7. The van der Waals surface area contributed by atoms with E-state index in [-0.39, 0.29) is 37.7 Å². The molecule has 0 saturated carbocycles. The molecule has 0 aromatic heterocycles. The van der Waals surface area contributed by atoms with Crippen molar-refractivity contribution >= 4 is 62.3 Å². The van der Waals surface area contributed by atoms with Gasteiger partial charge >= 0.3 is 0 Å². The molecule has 0 spiro atoms. The first-order valence-electron chi connectivity index (χ1n) is 12.3. The highest BCUT2D eigenvalue weighted by Crippen LogP contribution is 2.29. The van der Waals surface area contributed by atoms with Gasteiger partial charge in [0.25, 0.3) is 0 Å². The maximum atomic E-state index is 13.6. The lowest BCUT2D eigenvalue weighted by atomic mass is 10.0. The number of benzene rings is 2. The SMILES string of the molecule is CC[C@@H](C(=O)NC(C)(C)C)N(Cc1ccc(Cl)cc1Cl)C(=O)CCCN(c1cccc(Cl)c1C)S(C)(=O)=O. The number of nitrogens with one attached hydrogen (secondary N) is 1. The predicted octanol–water partition coefficient (Wildman–Crippen LogP) is 6.22. The Morgan fingerprint density at radius 1 is 1.05 bits per heavy atom. The Balaban J connectivity index is 2.31. The number of rotatable bonds is 11. The number of nitrogens with zero attached hydrogens (tertiary/aromatic N) is 2. The fraction of sp³-hybridized carbons (Fsp3) is 0.481. The van der Waals surface area contributed by atoms with Crippen LogP contribution >= 0.6 is 34.8 Å². The standard InChI is InChI=1S/C27H36Cl3N3O4S/c1-7-23(26(35)31-27(3,4)5)32(17-19-13-14-20(28)16-22(19)30)25(34)12-9-15-33(38(6,36)37)24-11-8-10-21(29)18(24)2/h8,10-11,13-14,16,23H,7,9,12,15,17H2,1-6H3,(H,31,35)/t23-/m0/s1. The molecule has 2 amide bonds. The summed E-state index contributed by atoms with van der Waals surface area (Å²) in [6.45, 7) is 9.38. The molecule has 0 bridgehead atoms. The first-order chi connectivity index (χ1) is 17.5. The summed E-state index contributed by atoms with van der Waals surface area (Å²) in [6.07, 6.45) is 1.76. The zero-order valence-corrected chi connectivity index (χ0v) is 25.7. The van der Waals surface area contributed by atoms with Gasteiger partial charge in [0, 0.05) is 40.1 Å². The van der Waals surface area contributed by atoms with E-state index in [1.165, 1.54) is 9.21 Å². The molecule has 0 aliphatic rings. The summed E-state index contributed by atoms with van der Waals surface area (Å²) in [5, 5.41) is 4.26. The van der Waals surface area contributed by atoms with Crippen LogP contribution < -0.4 is 9.62 Å². The fourth-order valence-corrected chi connectivity index (χ4v) is 5.71. The van der Waals surface area contributed by atoms with E-state index in [4.69, 9.17) is 34.8 Å². The van der Waals surface area contributed by atoms with E-state index in [1.54, 1.807) is 43.3 Å². The quantitative estimate of drug-likeness (QED) is 0.330. The summed E-state index contributed by atoms with van der Waals surface area (Å²) in [5.74, 6) is -0.561. The van der Waals surface area contributed by atoms with Crippen LogP contribution in [0.2, 0.25) is 15.1 Å². The molecule has 2 rings (SSSR count). The number of amides is 2. The number of anilines is 1. The van der Waals surface area contributed by atoms with Crippen LogP contribution in [0.1, 0.15) is 58.1 Å². The maximum Gasteiger partial charge on any atom is 0.243 e. The third kappa shape index (κ3) is 9.04. The van der Waals surface area contributed by atoms with E-state index in [1.807, 2.05) is 27.7 Å². The van der Waals surface area contributed by atoms with Crippen LogP contribution in [-0.2, 0) is 26.2 Å². The van der Waals surface area contributed by atoms with E-state index in [9.17, 15) is 18.0 Å². The Bertz CT molecular complexity index is 1260. The first-order valence-corrected chi connectivity index (χ1v) is 15.3. The zero-order valence-electron chi connectivity index (χ0n) is 22.6. The van der Waals surface area contributed by atoms with Gasteiger partial charge in [0.15, 0.2) is 0 Å². The van der Waals surface area contributed by atoms with Gasteiger partial charge in [-0.25, -0.2) is 8.42 Å². The minimum Gasteiger partial charge on any atom is -0.350 e. The van der Waals surface area contributed by atoms with Crippen LogP contribution in [0.3, 0.4) is 0 Å². The molecule has 2 aromatic carbocycles. The molecule has 11 heteroatoms. The average molecular weight is 605 g/mol. The van der Waals surface area contributed by atoms with Gasteiger partial charge in [0.2, 0.25) is 21.8 Å². The van der Waals surface area contributed by atoms with Crippen molar-refractivity contribution in [2.45, 2.75) is 72.0 Å². The topological polar surface area (TPSA) is 86.8 Å². The lowest BCUT2D eigenvalue weighted by Gasteiger charge is -2.33. The lowest BCUT2D eigenvalue weighted by Crippen LogP contribution is -2.53. The second-order valence-electron chi connectivity index (χ2n) is 10.2. The highest BCUT2D eigenvalue weighted by atomic mass is 35.5. The third-order valence-electron chi connectivity index (χ3n) is 5.90. The number of carbonyl (C=O) groups is 2. The summed E-state index contributed by atoms with van der Waals surface area (Å²) in [6, 6.07) is 9.32. The third-order valence-corrected chi connectivity index (χ3v) is 8.08. The Kier molecular flexibility index (Phi) is 11.3. The largest absolute Gasteiger partial charge is 0.350 e. The van der Waals surface area contributed by atoms with Gasteiger partial charge in [-0.2, -0.15) is 0 Å². The van der Waals surface area contributed by atoms with Crippen LogP contribution in [-0.4, -0.2) is 49.5 Å². The Morgan fingerprint density at radius 2 is 1.71 bits per heavy atom. The molecule has 2 aromatic rings. The zero-order chi connectivity index (χ0) is 28.8. The molecular formula is C27H36Cl3N3O4S. The van der Waals surface area contributed by atoms with Crippen molar-refractivity contribution in [3.05, 3.63) is 62.6 Å². The van der Waals surface area contributed by atoms with Crippen LogP contribution in [0.25, 0.3) is 0 Å². The van der Waals surface area contributed by atoms with Crippen molar-refractivity contribution in [3.8, 4) is 0 Å². The van der Waals surface area contributed by atoms with Gasteiger partial charge in [-0.1, -0.05) is 53.9 Å². The summed E-state index contributed by atoms with van der Waals surface area (Å²) in [4.78, 5) is 28.3. The van der Waals surface area contributed by atoms with Gasteiger partial charge in [-0.05, 0) is 75.9 Å². The Morgan fingerprint density at radius 3 is 2.26 bits per heavy atom. The monoisotopic (exact) mass is 603 g/mol. The highest BCUT2D eigenvalue weighted by Gasteiger charge is 2.31. The fourth-order valence-electron chi connectivity index (χ4n) is 4.05. The van der Waals surface area contributed by atoms with Crippen LogP contribution in [0.5, 0.6) is 0 Å². The minimum atomic E-state index is -3.63. The van der Waals surface area contributed by atoms with E-state index in [0.29, 0.717) is 38.3 Å². The molecule has 38 heavy (non-hydrogen) atoms. The number of sulfonamides is 1. The molecule has 0 unspecified atom stereocenters. The molecule has 7 nitrogen and oxygen atoms in total. The smallest absolute Gasteiger partial charge is 0.243 e. The maximum absolute atomic E-state index is 13.6. The van der Waals surface area contributed by atoms with Crippen molar-refractivity contribution in [2.75, 3.05) is 17.1 Å². The molecule has 0 radical (unpaired) electrons. The molecule has 1 atom stereocenters. The summed E-state index contributed by atoms with van der Waals surface area (Å²) in [5.41, 5.74) is 1.27. The predicted molar refractivity (Wildman–Crippen MR) is 157 cm³/mol. The van der Waals surface area contributed by atoms with Crippen molar-refractivity contribution in [1.29, 1.82) is 0 Å². The van der Waals surface area contributed by atoms with E-state index < -0.39 is 21.6 Å². The van der Waals surface area contributed by atoms with E-state index >= 15 is 0 Å². The molecule has 0 aliphatic heterocycles. The number of hydrogen-bond donors (Lipinski definition) is 1. The average Bonchev–Trinajstić information content (AvgIpc) is 2.78. The highest BCUT2D eigenvalue weighted by molar-refractivity contribution is 7.92. The number of carbonyl (C=O) groups excluding carboxylic acids is 2. The van der Waals surface area contributed by atoms with Crippen molar-refractivity contribution < 1.29 is 18.0 Å². The van der Waals surface area contributed by atoms with Crippen LogP contribution in [0.4, 0.5) is 5.69 Å². The molecule has 0 saturated heterocycles. The second-order valence-corrected chi connectivity index (χ2v) is 13.4. The van der Waals surface area contributed by atoms with Gasteiger partial charge in [-0.15, -0.1) is 0 Å². The number of hydrogen-bond acceptors (Lipinski definition) is 4. The number of halogens is 3. The van der Waals surface area contributed by atoms with Crippen LogP contribution in [0.15, 0.2) is 36.4 Å². The minimum absolute atomic E-state index is 0.0239. The second kappa shape index (κ2) is 13.4. The molecule has 1 N–H and O–H groups in total. The summed E-state index contributed by atoms with van der Waals surface area (Å²) < 4.78 is 26.4. The lowest BCUT2D eigenvalue weighted by molar-refractivity contribution is -0.142. The van der Waals surface area contributed by atoms with Gasteiger partial charge in [0.1, 0.15) is 6.04 Å². The molecular weight excluding hydrogens is 569 g/mol. The summed E-state index contributed by atoms with van der Waals surface area (Å²) in [7, 11) is -3.63. The van der Waals surface area contributed by atoms with Gasteiger partial charge in [-0.3, -0.25) is 13.9 Å². The van der Waals surface area contributed by atoms with Crippen molar-refractivity contribution in [3.63, 3.8) is 0 Å². The first kappa shape index (κ1) is 32.2. The van der Waals surface area contributed by atoms with Crippen LogP contribution in [0, 0.1) is 6.92 Å². The normalized spacial score (nSPS) is 12.7. The van der Waals surface area contributed by atoms with Gasteiger partial charge < -0.3 is 10.2 Å². The Hall–Kier alpha value is -2.00. The van der Waals surface area contributed by atoms with Crippen molar-refractivity contribution in [1.82, 2.24) is 10.2 Å². The van der Waals surface area contributed by atoms with E-state index in [0.717, 1.165) is 6.26 Å². The molecule has 210 valence electrons. The van der Waals surface area contributed by atoms with Crippen molar-refractivity contribution in [2.24, 2.45) is 0 Å². The van der Waals surface area contributed by atoms with Gasteiger partial charge in [0.05, 0.1) is 11.9 Å². The molecule has 0 heterocycles.